The number of aryl methyl sites for hydroxylation is 1. The zero-order chi connectivity index (χ0) is 19.6. The number of halogens is 1. The minimum absolute atomic E-state index is 0.0207. The van der Waals surface area contributed by atoms with Crippen LogP contribution in [0.1, 0.15) is 29.7 Å². The molecule has 2 aromatic rings. The number of aromatic nitrogens is 3. The summed E-state index contributed by atoms with van der Waals surface area (Å²) >= 11 is 6.18. The summed E-state index contributed by atoms with van der Waals surface area (Å²) < 4.78 is 0. The molecule has 0 saturated heterocycles. The van der Waals surface area contributed by atoms with E-state index < -0.39 is 17.7 Å². The fourth-order valence-electron chi connectivity index (χ4n) is 2.96. The summed E-state index contributed by atoms with van der Waals surface area (Å²) in [6.45, 7) is 1.64. The molecule has 0 radical (unpaired) electrons. The first-order chi connectivity index (χ1) is 12.8. The van der Waals surface area contributed by atoms with Crippen molar-refractivity contribution >= 4 is 23.4 Å². The molecule has 3 rings (SSSR count). The minimum atomic E-state index is -1.68. The Hall–Kier alpha value is -2.44. The smallest absolute Gasteiger partial charge is 0.223 e. The van der Waals surface area contributed by atoms with Gasteiger partial charge in [0.05, 0.1) is 0 Å². The number of hydrogen-bond acceptors (Lipinski definition) is 8. The van der Waals surface area contributed by atoms with Gasteiger partial charge in [-0.3, -0.25) is 4.98 Å². The van der Waals surface area contributed by atoms with Gasteiger partial charge in [0.25, 0.3) is 0 Å². The normalized spacial score (nSPS) is 24.3. The lowest BCUT2D eigenvalue weighted by Gasteiger charge is -2.30. The van der Waals surface area contributed by atoms with Crippen molar-refractivity contribution < 1.29 is 15.3 Å². The molecule has 1 saturated carbocycles. The summed E-state index contributed by atoms with van der Waals surface area (Å²) in [7, 11) is 0. The second kappa shape index (κ2) is 7.66. The molecule has 2 aromatic heterocycles. The summed E-state index contributed by atoms with van der Waals surface area (Å²) in [5.41, 5.74) is 5.76. The quantitative estimate of drug-likeness (QED) is 0.293. The van der Waals surface area contributed by atoms with E-state index in [1.165, 1.54) is 0 Å². The van der Waals surface area contributed by atoms with Crippen molar-refractivity contribution in [2.24, 2.45) is 5.92 Å². The minimum Gasteiger partial charge on any atom is -0.396 e. The molecule has 0 bridgehead atoms. The Morgan fingerprint density at radius 2 is 2.15 bits per heavy atom. The molecule has 142 valence electrons. The van der Waals surface area contributed by atoms with Crippen molar-refractivity contribution in [2.45, 2.75) is 31.6 Å². The van der Waals surface area contributed by atoms with Gasteiger partial charge in [0, 0.05) is 30.0 Å². The summed E-state index contributed by atoms with van der Waals surface area (Å²) in [5.74, 6) is 5.36. The number of nitrogens with one attached hydrogen (secondary N) is 1. The average Bonchev–Trinajstić information content (AvgIpc) is 2.90. The second-order valence-electron chi connectivity index (χ2n) is 6.51. The van der Waals surface area contributed by atoms with E-state index in [2.05, 4.69) is 32.1 Å². The predicted octanol–water partition coefficient (Wildman–Crippen LogP) is 0.679. The Morgan fingerprint density at radius 1 is 1.37 bits per heavy atom. The molecule has 1 aliphatic rings. The van der Waals surface area contributed by atoms with Gasteiger partial charge in [-0.1, -0.05) is 23.4 Å². The summed E-state index contributed by atoms with van der Waals surface area (Å²) in [5, 5.41) is 33.2. The highest BCUT2D eigenvalue weighted by atomic mass is 35.5. The molecule has 3 atom stereocenters. The molecule has 8 nitrogen and oxygen atoms in total. The number of anilines is 2. The van der Waals surface area contributed by atoms with Crippen molar-refractivity contribution in [1.29, 1.82) is 0 Å². The fourth-order valence-corrected chi connectivity index (χ4v) is 3.18. The Labute approximate surface area is 161 Å². The molecule has 9 heteroatoms. The first-order valence-electron chi connectivity index (χ1n) is 8.39. The lowest BCUT2D eigenvalue weighted by atomic mass is 10.0. The number of nitrogens with zero attached hydrogens (tertiary/aromatic N) is 3. The maximum atomic E-state index is 10.8. The molecule has 0 aliphatic heterocycles. The highest BCUT2D eigenvalue weighted by Crippen LogP contribution is 2.36. The van der Waals surface area contributed by atoms with Crippen LogP contribution >= 0.6 is 11.6 Å². The molecule has 6 N–H and O–H groups in total. The van der Waals surface area contributed by atoms with Gasteiger partial charge in [-0.25, -0.2) is 0 Å². The molecule has 0 amide bonds. The number of pyridine rings is 1. The van der Waals surface area contributed by atoms with Crippen molar-refractivity contribution in [3.63, 3.8) is 0 Å². The van der Waals surface area contributed by atoms with Gasteiger partial charge in [-0.05, 0) is 31.9 Å². The van der Waals surface area contributed by atoms with E-state index in [0.717, 1.165) is 5.69 Å². The van der Waals surface area contributed by atoms with Crippen LogP contribution in [0.2, 0.25) is 5.15 Å². The van der Waals surface area contributed by atoms with Crippen molar-refractivity contribution in [3.05, 3.63) is 40.3 Å². The number of rotatable bonds is 3. The van der Waals surface area contributed by atoms with Gasteiger partial charge in [0.2, 0.25) is 5.95 Å². The van der Waals surface area contributed by atoms with E-state index in [9.17, 15) is 15.3 Å². The van der Waals surface area contributed by atoms with Crippen LogP contribution in [0.4, 0.5) is 11.8 Å². The SMILES string of the molecule is Cc1ccc(C#Cc2c(Cl)nc(N)nc2NC2(O)CCC(CO)C2O)cn1. The van der Waals surface area contributed by atoms with Crippen LogP contribution in [-0.4, -0.2) is 48.7 Å². The monoisotopic (exact) mass is 389 g/mol. The van der Waals surface area contributed by atoms with Crippen LogP contribution in [0.25, 0.3) is 0 Å². The second-order valence-corrected chi connectivity index (χ2v) is 6.87. The molecule has 27 heavy (non-hydrogen) atoms. The van der Waals surface area contributed by atoms with Crippen molar-refractivity contribution in [1.82, 2.24) is 15.0 Å². The van der Waals surface area contributed by atoms with Gasteiger partial charge in [0.15, 0.2) is 16.7 Å². The first-order valence-corrected chi connectivity index (χ1v) is 8.77. The largest absolute Gasteiger partial charge is 0.396 e. The van der Waals surface area contributed by atoms with Gasteiger partial charge < -0.3 is 26.4 Å². The lowest BCUT2D eigenvalue weighted by molar-refractivity contribution is -0.0545. The fraction of sp³-hybridized carbons (Fsp3) is 0.389. The molecule has 0 aromatic carbocycles. The Balaban J connectivity index is 1.95. The summed E-state index contributed by atoms with van der Waals surface area (Å²) in [6, 6.07) is 3.64. The van der Waals surface area contributed by atoms with Gasteiger partial charge >= 0.3 is 0 Å². The zero-order valence-corrected chi connectivity index (χ0v) is 15.4. The topological polar surface area (TPSA) is 137 Å². The van der Waals surface area contributed by atoms with E-state index in [-0.39, 0.29) is 35.5 Å². The number of aliphatic hydroxyl groups is 3. The highest BCUT2D eigenvalue weighted by molar-refractivity contribution is 6.31. The van der Waals surface area contributed by atoms with Crippen LogP contribution in [0, 0.1) is 24.7 Å². The lowest BCUT2D eigenvalue weighted by Crippen LogP contribution is -2.48. The standard InChI is InChI=1S/C18H20ClN5O3/c1-10-2-3-11(8-21-10)4-5-13-15(19)22-17(20)23-16(13)24-18(27)7-6-12(9-25)14(18)26/h2-3,8,12,14,25-27H,6-7,9H2,1H3,(H3,20,22,23,24). The molecule has 1 aliphatic carbocycles. The molecule has 3 unspecified atom stereocenters. The molecule has 1 fully saturated rings. The first kappa shape index (κ1) is 19.3. The van der Waals surface area contributed by atoms with Crippen LogP contribution < -0.4 is 11.1 Å². The predicted molar refractivity (Wildman–Crippen MR) is 101 cm³/mol. The van der Waals surface area contributed by atoms with Crippen LogP contribution in [0.15, 0.2) is 18.3 Å². The van der Waals surface area contributed by atoms with Gasteiger partial charge in [-0.2, -0.15) is 9.97 Å². The Morgan fingerprint density at radius 3 is 2.78 bits per heavy atom. The number of hydrogen-bond donors (Lipinski definition) is 5. The van der Waals surface area contributed by atoms with E-state index in [1.54, 1.807) is 6.20 Å². The Bertz CT molecular complexity index is 896. The van der Waals surface area contributed by atoms with Gasteiger partial charge in [0.1, 0.15) is 11.7 Å². The third kappa shape index (κ3) is 4.12. The van der Waals surface area contributed by atoms with E-state index >= 15 is 0 Å². The summed E-state index contributed by atoms with van der Waals surface area (Å²) in [4.78, 5) is 12.1. The number of aliphatic hydroxyl groups excluding tert-OH is 2. The van der Waals surface area contributed by atoms with Crippen LogP contribution in [0.3, 0.4) is 0 Å². The van der Waals surface area contributed by atoms with Crippen LogP contribution in [0.5, 0.6) is 0 Å². The third-order valence-electron chi connectivity index (χ3n) is 4.53. The third-order valence-corrected chi connectivity index (χ3v) is 4.80. The number of nitrogens with two attached hydrogens (primary N) is 1. The van der Waals surface area contributed by atoms with E-state index in [4.69, 9.17) is 17.3 Å². The maximum Gasteiger partial charge on any atom is 0.223 e. The van der Waals surface area contributed by atoms with E-state index in [1.807, 2.05) is 19.1 Å². The molecular formula is C18H20ClN5O3. The maximum absolute atomic E-state index is 10.8. The summed E-state index contributed by atoms with van der Waals surface area (Å²) in [6.07, 6.45) is 1.11. The Kier molecular flexibility index (Phi) is 5.48. The molecule has 0 spiro atoms. The molecule has 2 heterocycles. The highest BCUT2D eigenvalue weighted by Gasteiger charge is 2.47. The zero-order valence-electron chi connectivity index (χ0n) is 14.6. The average molecular weight is 390 g/mol. The van der Waals surface area contributed by atoms with Gasteiger partial charge in [-0.15, -0.1) is 0 Å². The van der Waals surface area contributed by atoms with Crippen molar-refractivity contribution in [3.8, 4) is 11.8 Å². The van der Waals surface area contributed by atoms with Crippen LogP contribution in [-0.2, 0) is 0 Å². The van der Waals surface area contributed by atoms with E-state index in [0.29, 0.717) is 12.0 Å². The number of nitrogen functional groups attached to an aromatic ring is 1. The molecular weight excluding hydrogens is 370 g/mol. The van der Waals surface area contributed by atoms with Crippen molar-refractivity contribution in [2.75, 3.05) is 17.7 Å².